The molecule has 0 atom stereocenters. The molecule has 21 heavy (non-hydrogen) atoms. The highest BCUT2D eigenvalue weighted by Crippen LogP contribution is 2.28. The maximum atomic E-state index is 13.7. The summed E-state index contributed by atoms with van der Waals surface area (Å²) in [5.74, 6) is -2.16. The molecule has 0 spiro atoms. The zero-order valence-electron chi connectivity index (χ0n) is 10.7. The van der Waals surface area contributed by atoms with Crippen LogP contribution in [0.15, 0.2) is 39.3 Å². The molecule has 7 heteroatoms. The topological polar surface area (TPSA) is 38.3 Å². The van der Waals surface area contributed by atoms with Crippen molar-refractivity contribution in [2.75, 3.05) is 12.4 Å². The van der Waals surface area contributed by atoms with Crippen LogP contribution in [0, 0.1) is 11.6 Å². The van der Waals surface area contributed by atoms with Gasteiger partial charge in [0.05, 0.1) is 11.6 Å². The number of methoxy groups -OCH3 is 1. The molecule has 2 rings (SSSR count). The first kappa shape index (κ1) is 15.9. The Morgan fingerprint density at radius 1 is 1.14 bits per heavy atom. The standard InChI is InChI=1S/C14H9Br2F2NO2/c1-21-12-3-2-8(6-9(12)16)19-14(20)13-10(17)4-7(15)5-11(13)18/h2-6H,1H3,(H,19,20). The monoisotopic (exact) mass is 419 g/mol. The van der Waals surface area contributed by atoms with E-state index in [4.69, 9.17) is 4.74 Å². The van der Waals surface area contributed by atoms with E-state index in [0.29, 0.717) is 15.9 Å². The summed E-state index contributed by atoms with van der Waals surface area (Å²) >= 11 is 6.22. The fourth-order valence-electron chi connectivity index (χ4n) is 1.70. The highest BCUT2D eigenvalue weighted by atomic mass is 79.9. The third kappa shape index (κ3) is 3.59. The van der Waals surface area contributed by atoms with Crippen LogP contribution in [0.1, 0.15) is 10.4 Å². The molecule has 1 amide bonds. The highest BCUT2D eigenvalue weighted by molar-refractivity contribution is 9.10. The zero-order chi connectivity index (χ0) is 15.6. The Balaban J connectivity index is 2.28. The molecule has 3 nitrogen and oxygen atoms in total. The maximum Gasteiger partial charge on any atom is 0.261 e. The van der Waals surface area contributed by atoms with Crippen LogP contribution >= 0.6 is 31.9 Å². The van der Waals surface area contributed by atoms with Crippen molar-refractivity contribution in [3.8, 4) is 5.75 Å². The molecule has 110 valence electrons. The minimum absolute atomic E-state index is 0.223. The van der Waals surface area contributed by atoms with Crippen molar-refractivity contribution >= 4 is 43.5 Å². The zero-order valence-corrected chi connectivity index (χ0v) is 13.9. The second-order valence-corrected chi connectivity index (χ2v) is 5.82. The van der Waals surface area contributed by atoms with Crippen LogP contribution in [0.4, 0.5) is 14.5 Å². The second kappa shape index (κ2) is 6.53. The Hall–Kier alpha value is -1.47. The molecule has 0 aliphatic carbocycles. The SMILES string of the molecule is COc1ccc(NC(=O)c2c(F)cc(Br)cc2F)cc1Br. The van der Waals surface area contributed by atoms with E-state index in [1.54, 1.807) is 18.2 Å². The van der Waals surface area contributed by atoms with E-state index in [2.05, 4.69) is 37.2 Å². The predicted molar refractivity (Wildman–Crippen MR) is 82.7 cm³/mol. The molecular weight excluding hydrogens is 412 g/mol. The van der Waals surface area contributed by atoms with Crippen molar-refractivity contribution < 1.29 is 18.3 Å². The number of halogens is 4. The minimum atomic E-state index is -0.938. The molecule has 0 bridgehead atoms. The molecule has 0 heterocycles. The summed E-state index contributed by atoms with van der Waals surface area (Å²) in [5.41, 5.74) is -0.250. The van der Waals surface area contributed by atoms with E-state index < -0.39 is 23.1 Å². The van der Waals surface area contributed by atoms with Gasteiger partial charge in [-0.2, -0.15) is 0 Å². The van der Waals surface area contributed by atoms with Crippen molar-refractivity contribution in [1.29, 1.82) is 0 Å². The number of hydrogen-bond donors (Lipinski definition) is 1. The van der Waals surface area contributed by atoms with Gasteiger partial charge in [-0.25, -0.2) is 8.78 Å². The average molecular weight is 421 g/mol. The van der Waals surface area contributed by atoms with Gasteiger partial charge in [0.1, 0.15) is 22.9 Å². The summed E-state index contributed by atoms with van der Waals surface area (Å²) in [6.45, 7) is 0. The maximum absolute atomic E-state index is 13.7. The van der Waals surface area contributed by atoms with Crippen LogP contribution in [0.5, 0.6) is 5.75 Å². The average Bonchev–Trinajstić information content (AvgIpc) is 2.37. The number of carbonyl (C=O) groups is 1. The van der Waals surface area contributed by atoms with E-state index in [-0.39, 0.29) is 4.47 Å². The lowest BCUT2D eigenvalue weighted by Crippen LogP contribution is -2.16. The van der Waals surface area contributed by atoms with Crippen LogP contribution in [0.25, 0.3) is 0 Å². The first-order valence-corrected chi connectivity index (χ1v) is 7.30. The third-order valence-corrected chi connectivity index (χ3v) is 3.72. The predicted octanol–water partition coefficient (Wildman–Crippen LogP) is 4.75. The van der Waals surface area contributed by atoms with Crippen molar-refractivity contribution in [2.24, 2.45) is 0 Å². The normalized spacial score (nSPS) is 10.3. The number of nitrogens with one attached hydrogen (secondary N) is 1. The van der Waals surface area contributed by atoms with Gasteiger partial charge in [-0.3, -0.25) is 4.79 Å². The van der Waals surface area contributed by atoms with Gasteiger partial charge in [0, 0.05) is 10.2 Å². The number of ether oxygens (including phenoxy) is 1. The highest BCUT2D eigenvalue weighted by Gasteiger charge is 2.18. The Morgan fingerprint density at radius 3 is 2.29 bits per heavy atom. The number of rotatable bonds is 3. The van der Waals surface area contributed by atoms with Crippen molar-refractivity contribution in [3.63, 3.8) is 0 Å². The quantitative estimate of drug-likeness (QED) is 0.777. The lowest BCUT2D eigenvalue weighted by Gasteiger charge is -2.09. The Kier molecular flexibility index (Phi) is 4.95. The van der Waals surface area contributed by atoms with E-state index in [0.717, 1.165) is 12.1 Å². The third-order valence-electron chi connectivity index (χ3n) is 2.64. The van der Waals surface area contributed by atoms with Gasteiger partial charge in [0.15, 0.2) is 0 Å². The van der Waals surface area contributed by atoms with Crippen LogP contribution in [0.2, 0.25) is 0 Å². The molecule has 0 saturated heterocycles. The van der Waals surface area contributed by atoms with E-state index in [1.165, 1.54) is 7.11 Å². The van der Waals surface area contributed by atoms with Gasteiger partial charge in [-0.1, -0.05) is 15.9 Å². The molecule has 1 N–H and O–H groups in total. The van der Waals surface area contributed by atoms with Gasteiger partial charge in [-0.15, -0.1) is 0 Å². The summed E-state index contributed by atoms with van der Waals surface area (Å²) in [5, 5.41) is 2.43. The molecule has 0 radical (unpaired) electrons. The molecular formula is C14H9Br2F2NO2. The first-order valence-electron chi connectivity index (χ1n) is 5.72. The Labute approximate surface area is 136 Å². The minimum Gasteiger partial charge on any atom is -0.496 e. The van der Waals surface area contributed by atoms with Crippen molar-refractivity contribution in [3.05, 3.63) is 56.5 Å². The van der Waals surface area contributed by atoms with Crippen LogP contribution < -0.4 is 10.1 Å². The molecule has 0 fully saturated rings. The van der Waals surface area contributed by atoms with Crippen LogP contribution in [0.3, 0.4) is 0 Å². The van der Waals surface area contributed by atoms with Gasteiger partial charge in [0.25, 0.3) is 5.91 Å². The summed E-state index contributed by atoms with van der Waals surface area (Å²) in [6.07, 6.45) is 0. The first-order chi connectivity index (χ1) is 9.92. The number of hydrogen-bond acceptors (Lipinski definition) is 2. The van der Waals surface area contributed by atoms with E-state index in [1.807, 2.05) is 0 Å². The summed E-state index contributed by atoms with van der Waals surface area (Å²) in [6, 6.07) is 6.82. The van der Waals surface area contributed by atoms with Crippen LogP contribution in [-0.2, 0) is 0 Å². The molecule has 0 saturated carbocycles. The fraction of sp³-hybridized carbons (Fsp3) is 0.0714. The van der Waals surface area contributed by atoms with Crippen LogP contribution in [-0.4, -0.2) is 13.0 Å². The fourth-order valence-corrected chi connectivity index (χ4v) is 2.64. The molecule has 0 aromatic heterocycles. The molecule has 0 aliphatic heterocycles. The Bertz CT molecular complexity index is 684. The lowest BCUT2D eigenvalue weighted by atomic mass is 10.1. The lowest BCUT2D eigenvalue weighted by molar-refractivity contribution is 0.101. The van der Waals surface area contributed by atoms with Gasteiger partial charge >= 0.3 is 0 Å². The summed E-state index contributed by atoms with van der Waals surface area (Å²) in [7, 11) is 1.50. The van der Waals surface area contributed by atoms with Crippen molar-refractivity contribution in [2.45, 2.75) is 0 Å². The summed E-state index contributed by atoms with van der Waals surface area (Å²) in [4.78, 5) is 12.0. The Morgan fingerprint density at radius 2 is 1.76 bits per heavy atom. The van der Waals surface area contributed by atoms with E-state index in [9.17, 15) is 13.6 Å². The molecule has 2 aromatic rings. The number of benzene rings is 2. The van der Waals surface area contributed by atoms with Gasteiger partial charge < -0.3 is 10.1 Å². The summed E-state index contributed by atoms with van der Waals surface area (Å²) < 4.78 is 33.3. The second-order valence-electron chi connectivity index (χ2n) is 4.05. The molecule has 2 aromatic carbocycles. The van der Waals surface area contributed by atoms with Gasteiger partial charge in [0.2, 0.25) is 0 Å². The molecule has 0 aliphatic rings. The van der Waals surface area contributed by atoms with Gasteiger partial charge in [-0.05, 0) is 46.3 Å². The number of carbonyl (C=O) groups excluding carboxylic acids is 1. The number of amides is 1. The largest absolute Gasteiger partial charge is 0.496 e. The number of anilines is 1. The smallest absolute Gasteiger partial charge is 0.261 e. The molecule has 0 unspecified atom stereocenters. The van der Waals surface area contributed by atoms with Crippen molar-refractivity contribution in [1.82, 2.24) is 0 Å². The van der Waals surface area contributed by atoms with E-state index >= 15 is 0 Å².